The van der Waals surface area contributed by atoms with Crippen LogP contribution in [-0.4, -0.2) is 17.2 Å². The Morgan fingerprint density at radius 1 is 1.25 bits per heavy atom. The predicted molar refractivity (Wildman–Crippen MR) is 85.2 cm³/mol. The molecule has 0 aliphatic carbocycles. The van der Waals surface area contributed by atoms with Crippen LogP contribution < -0.4 is 10.9 Å². The van der Waals surface area contributed by atoms with E-state index in [-0.39, 0.29) is 5.56 Å². The topological polar surface area (TPSA) is 34.0 Å². The normalized spacial score (nSPS) is 12.7. The molecule has 1 aromatic carbocycles. The van der Waals surface area contributed by atoms with Gasteiger partial charge in [-0.05, 0) is 50.2 Å². The van der Waals surface area contributed by atoms with Crippen LogP contribution in [-0.2, 0) is 6.54 Å². The molecule has 20 heavy (non-hydrogen) atoms. The lowest BCUT2D eigenvalue weighted by Crippen LogP contribution is -2.27. The van der Waals surface area contributed by atoms with Crippen LogP contribution in [0.5, 0.6) is 0 Å². The van der Waals surface area contributed by atoms with Crippen molar-refractivity contribution >= 4 is 10.8 Å². The molecule has 0 saturated heterocycles. The summed E-state index contributed by atoms with van der Waals surface area (Å²) in [6.45, 7) is 6.24. The lowest BCUT2D eigenvalue weighted by atomic mass is 10.1. The van der Waals surface area contributed by atoms with E-state index in [0.29, 0.717) is 6.04 Å². The Hall–Kier alpha value is -1.61. The fraction of sp³-hybridized carbons (Fsp3) is 0.471. The highest BCUT2D eigenvalue weighted by Crippen LogP contribution is 2.08. The molecule has 1 atom stereocenters. The van der Waals surface area contributed by atoms with Gasteiger partial charge in [0.25, 0.3) is 5.56 Å². The van der Waals surface area contributed by atoms with Gasteiger partial charge in [-0.25, -0.2) is 0 Å². The smallest absolute Gasteiger partial charge is 0.258 e. The lowest BCUT2D eigenvalue weighted by Gasteiger charge is -2.13. The fourth-order valence-corrected chi connectivity index (χ4v) is 2.47. The first-order valence-electron chi connectivity index (χ1n) is 7.54. The Balaban J connectivity index is 1.97. The molecule has 1 heterocycles. The summed E-state index contributed by atoms with van der Waals surface area (Å²) in [4.78, 5) is 12.3. The standard InChI is InChI=1S/C17H24N2O/c1-3-11-18-14(2)7-6-12-19-13-10-15-8-4-5-9-16(15)17(19)20/h4-5,8-10,13-14,18H,3,6-7,11-12H2,1-2H3. The van der Waals surface area contributed by atoms with Crippen LogP contribution in [0, 0.1) is 0 Å². The first kappa shape index (κ1) is 14.8. The van der Waals surface area contributed by atoms with Crippen molar-refractivity contribution in [3.63, 3.8) is 0 Å². The summed E-state index contributed by atoms with van der Waals surface area (Å²) >= 11 is 0. The Kier molecular flexibility index (Phi) is 5.36. The van der Waals surface area contributed by atoms with Gasteiger partial charge in [0.05, 0.1) is 0 Å². The number of hydrogen-bond acceptors (Lipinski definition) is 2. The Morgan fingerprint density at radius 2 is 2.05 bits per heavy atom. The first-order chi connectivity index (χ1) is 9.72. The zero-order valence-electron chi connectivity index (χ0n) is 12.4. The molecule has 2 aromatic rings. The van der Waals surface area contributed by atoms with Crippen LogP contribution >= 0.6 is 0 Å². The van der Waals surface area contributed by atoms with Gasteiger partial charge in [-0.1, -0.05) is 25.1 Å². The van der Waals surface area contributed by atoms with Crippen molar-refractivity contribution in [2.24, 2.45) is 0 Å². The highest BCUT2D eigenvalue weighted by atomic mass is 16.1. The first-order valence-corrected chi connectivity index (χ1v) is 7.54. The molecule has 0 amide bonds. The quantitative estimate of drug-likeness (QED) is 0.840. The Bertz CT molecular complexity index is 603. The molecule has 0 fully saturated rings. The van der Waals surface area contributed by atoms with Crippen LogP contribution in [0.1, 0.15) is 33.1 Å². The number of nitrogens with zero attached hydrogens (tertiary/aromatic N) is 1. The van der Waals surface area contributed by atoms with Crippen molar-refractivity contribution in [1.29, 1.82) is 0 Å². The zero-order valence-corrected chi connectivity index (χ0v) is 12.4. The van der Waals surface area contributed by atoms with Crippen molar-refractivity contribution in [2.75, 3.05) is 6.54 Å². The molecular weight excluding hydrogens is 248 g/mol. The molecule has 108 valence electrons. The van der Waals surface area contributed by atoms with Crippen LogP contribution in [0.2, 0.25) is 0 Å². The molecule has 3 heteroatoms. The van der Waals surface area contributed by atoms with Gasteiger partial charge < -0.3 is 9.88 Å². The molecule has 2 rings (SSSR count). The number of aromatic nitrogens is 1. The van der Waals surface area contributed by atoms with E-state index in [1.165, 1.54) is 0 Å². The van der Waals surface area contributed by atoms with E-state index >= 15 is 0 Å². The number of aryl methyl sites for hydroxylation is 1. The van der Waals surface area contributed by atoms with Gasteiger partial charge in [0, 0.05) is 24.2 Å². The van der Waals surface area contributed by atoms with E-state index in [9.17, 15) is 4.79 Å². The van der Waals surface area contributed by atoms with E-state index in [0.717, 1.165) is 43.1 Å². The second-order valence-corrected chi connectivity index (χ2v) is 5.40. The van der Waals surface area contributed by atoms with Gasteiger partial charge >= 0.3 is 0 Å². The maximum absolute atomic E-state index is 12.3. The van der Waals surface area contributed by atoms with Crippen LogP contribution in [0.15, 0.2) is 41.3 Å². The number of nitrogens with one attached hydrogen (secondary N) is 1. The molecule has 1 unspecified atom stereocenters. The molecular formula is C17H24N2O. The molecule has 1 aromatic heterocycles. The molecule has 0 spiro atoms. The Labute approximate surface area is 120 Å². The van der Waals surface area contributed by atoms with Gasteiger partial charge in [-0.15, -0.1) is 0 Å². The van der Waals surface area contributed by atoms with Crippen molar-refractivity contribution in [1.82, 2.24) is 9.88 Å². The Morgan fingerprint density at radius 3 is 2.85 bits per heavy atom. The third-order valence-corrected chi connectivity index (χ3v) is 3.67. The number of rotatable bonds is 7. The third-order valence-electron chi connectivity index (χ3n) is 3.67. The minimum absolute atomic E-state index is 0.122. The minimum Gasteiger partial charge on any atom is -0.315 e. The van der Waals surface area contributed by atoms with Gasteiger partial charge in [-0.2, -0.15) is 0 Å². The zero-order chi connectivity index (χ0) is 14.4. The van der Waals surface area contributed by atoms with Crippen molar-refractivity contribution < 1.29 is 0 Å². The molecule has 0 saturated carbocycles. The maximum Gasteiger partial charge on any atom is 0.258 e. The van der Waals surface area contributed by atoms with E-state index in [2.05, 4.69) is 19.2 Å². The van der Waals surface area contributed by atoms with Crippen molar-refractivity contribution in [3.8, 4) is 0 Å². The van der Waals surface area contributed by atoms with Gasteiger partial charge in [-0.3, -0.25) is 4.79 Å². The second-order valence-electron chi connectivity index (χ2n) is 5.40. The second kappa shape index (κ2) is 7.25. The molecule has 3 nitrogen and oxygen atoms in total. The largest absolute Gasteiger partial charge is 0.315 e. The highest BCUT2D eigenvalue weighted by molar-refractivity contribution is 5.81. The van der Waals surface area contributed by atoms with E-state index in [1.807, 2.05) is 41.1 Å². The summed E-state index contributed by atoms with van der Waals surface area (Å²) in [5.74, 6) is 0. The predicted octanol–water partition coefficient (Wildman–Crippen LogP) is 3.17. The summed E-state index contributed by atoms with van der Waals surface area (Å²) in [5, 5.41) is 5.31. The average Bonchev–Trinajstić information content (AvgIpc) is 2.48. The lowest BCUT2D eigenvalue weighted by molar-refractivity contribution is 0.473. The van der Waals surface area contributed by atoms with Crippen molar-refractivity contribution in [3.05, 3.63) is 46.9 Å². The summed E-state index contributed by atoms with van der Waals surface area (Å²) in [6.07, 6.45) is 5.19. The van der Waals surface area contributed by atoms with Crippen LogP contribution in [0.25, 0.3) is 10.8 Å². The number of benzene rings is 1. The maximum atomic E-state index is 12.3. The monoisotopic (exact) mass is 272 g/mol. The van der Waals surface area contributed by atoms with Gasteiger partial charge in [0.15, 0.2) is 0 Å². The number of fused-ring (bicyclic) bond motifs is 1. The number of pyridine rings is 1. The third kappa shape index (κ3) is 3.70. The average molecular weight is 272 g/mol. The molecule has 0 aliphatic rings. The molecule has 1 N–H and O–H groups in total. The molecule has 0 aliphatic heterocycles. The van der Waals surface area contributed by atoms with Gasteiger partial charge in [0.2, 0.25) is 0 Å². The fourth-order valence-electron chi connectivity index (χ4n) is 2.47. The summed E-state index contributed by atoms with van der Waals surface area (Å²) in [6, 6.07) is 10.3. The summed E-state index contributed by atoms with van der Waals surface area (Å²) in [5.41, 5.74) is 0.122. The summed E-state index contributed by atoms with van der Waals surface area (Å²) < 4.78 is 1.83. The van der Waals surface area contributed by atoms with Crippen LogP contribution in [0.3, 0.4) is 0 Å². The van der Waals surface area contributed by atoms with Crippen LogP contribution in [0.4, 0.5) is 0 Å². The van der Waals surface area contributed by atoms with E-state index in [1.54, 1.807) is 0 Å². The van der Waals surface area contributed by atoms with Crippen molar-refractivity contribution in [2.45, 2.75) is 45.7 Å². The van der Waals surface area contributed by atoms with Gasteiger partial charge in [0.1, 0.15) is 0 Å². The van der Waals surface area contributed by atoms with E-state index in [4.69, 9.17) is 0 Å². The molecule has 0 bridgehead atoms. The summed E-state index contributed by atoms with van der Waals surface area (Å²) in [7, 11) is 0. The van der Waals surface area contributed by atoms with E-state index < -0.39 is 0 Å². The molecule has 0 radical (unpaired) electrons. The number of hydrogen-bond donors (Lipinski definition) is 1. The SMILES string of the molecule is CCCNC(C)CCCn1ccc2ccccc2c1=O. The highest BCUT2D eigenvalue weighted by Gasteiger charge is 2.04. The minimum atomic E-state index is 0.122.